The Balaban J connectivity index is 2.26. The number of hydrogen-bond acceptors (Lipinski definition) is 3. The number of hydrogen-bond donors (Lipinski definition) is 0. The zero-order valence-electron chi connectivity index (χ0n) is 13.0. The molecule has 2 rings (SSSR count). The highest BCUT2D eigenvalue weighted by atomic mass is 16.5. The first-order chi connectivity index (χ1) is 9.47. The maximum Gasteiger partial charge on any atom is 0.246 e. The zero-order chi connectivity index (χ0) is 14.9. The minimum Gasteiger partial charge on any atom is -0.380 e. The summed E-state index contributed by atoms with van der Waals surface area (Å²) in [4.78, 5) is 29.0. The molecular weight excluding hydrogens is 256 g/mol. The first-order valence-electron chi connectivity index (χ1n) is 7.61. The van der Waals surface area contributed by atoms with Crippen LogP contribution in [0.5, 0.6) is 0 Å². The van der Waals surface area contributed by atoms with Crippen LogP contribution in [0.3, 0.4) is 0 Å². The van der Waals surface area contributed by atoms with Gasteiger partial charge in [-0.15, -0.1) is 0 Å². The van der Waals surface area contributed by atoms with E-state index in [0.29, 0.717) is 6.54 Å². The zero-order valence-corrected chi connectivity index (χ0v) is 13.0. The Morgan fingerprint density at radius 1 is 1.20 bits per heavy atom. The van der Waals surface area contributed by atoms with Crippen LogP contribution in [0, 0.1) is 5.92 Å². The average molecular weight is 282 g/mol. The molecule has 0 N–H and O–H groups in total. The second-order valence-electron chi connectivity index (χ2n) is 6.27. The van der Waals surface area contributed by atoms with Crippen molar-refractivity contribution >= 4 is 11.8 Å². The number of carbonyl (C=O) groups is 2. The van der Waals surface area contributed by atoms with Crippen molar-refractivity contribution in [3.63, 3.8) is 0 Å². The Morgan fingerprint density at radius 2 is 1.90 bits per heavy atom. The Labute approximate surface area is 121 Å². The minimum absolute atomic E-state index is 0.0526. The van der Waals surface area contributed by atoms with Crippen LogP contribution in [-0.2, 0) is 14.3 Å². The van der Waals surface area contributed by atoms with Crippen LogP contribution < -0.4 is 0 Å². The second kappa shape index (κ2) is 6.12. The van der Waals surface area contributed by atoms with Gasteiger partial charge in [0.15, 0.2) is 0 Å². The number of piperidine rings is 1. The third kappa shape index (κ3) is 2.68. The summed E-state index contributed by atoms with van der Waals surface area (Å²) < 4.78 is 5.28. The Kier molecular flexibility index (Phi) is 4.68. The van der Waals surface area contributed by atoms with Crippen molar-refractivity contribution in [3.05, 3.63) is 0 Å². The second-order valence-corrected chi connectivity index (χ2v) is 6.27. The molecular formula is C15H26N2O3. The number of piperazine rings is 1. The average Bonchev–Trinajstić information content (AvgIpc) is 2.44. The summed E-state index contributed by atoms with van der Waals surface area (Å²) in [7, 11) is 1.64. The van der Waals surface area contributed by atoms with E-state index in [4.69, 9.17) is 4.74 Å². The van der Waals surface area contributed by atoms with E-state index in [1.807, 2.05) is 25.7 Å². The molecule has 114 valence electrons. The van der Waals surface area contributed by atoms with E-state index in [1.54, 1.807) is 12.0 Å². The molecule has 2 aliphatic rings. The van der Waals surface area contributed by atoms with Crippen LogP contribution in [0.4, 0.5) is 0 Å². The van der Waals surface area contributed by atoms with Gasteiger partial charge in [-0.3, -0.25) is 9.59 Å². The van der Waals surface area contributed by atoms with Crippen molar-refractivity contribution in [2.45, 2.75) is 58.2 Å². The molecule has 0 spiro atoms. The van der Waals surface area contributed by atoms with Gasteiger partial charge in [-0.2, -0.15) is 0 Å². The summed E-state index contributed by atoms with van der Waals surface area (Å²) in [5.41, 5.74) is 0. The lowest BCUT2D eigenvalue weighted by Crippen LogP contribution is -2.67. The van der Waals surface area contributed by atoms with Crippen molar-refractivity contribution in [3.8, 4) is 0 Å². The van der Waals surface area contributed by atoms with Crippen LogP contribution in [0.15, 0.2) is 0 Å². The molecule has 2 saturated heterocycles. The Morgan fingerprint density at radius 3 is 2.50 bits per heavy atom. The fraction of sp³-hybridized carbons (Fsp3) is 0.867. The van der Waals surface area contributed by atoms with Gasteiger partial charge in [-0.25, -0.2) is 0 Å². The van der Waals surface area contributed by atoms with Gasteiger partial charge >= 0.3 is 0 Å². The highest BCUT2D eigenvalue weighted by molar-refractivity contribution is 5.97. The van der Waals surface area contributed by atoms with E-state index in [-0.39, 0.29) is 35.9 Å². The van der Waals surface area contributed by atoms with E-state index in [2.05, 4.69) is 0 Å². The fourth-order valence-corrected chi connectivity index (χ4v) is 3.28. The Bertz CT molecular complexity index is 383. The third-order valence-electron chi connectivity index (χ3n) is 4.43. The molecule has 2 aliphatic heterocycles. The van der Waals surface area contributed by atoms with Gasteiger partial charge in [0.25, 0.3) is 0 Å². The molecule has 0 bridgehead atoms. The lowest BCUT2D eigenvalue weighted by molar-refractivity contribution is -0.167. The molecule has 5 nitrogen and oxygen atoms in total. The van der Waals surface area contributed by atoms with Gasteiger partial charge in [-0.05, 0) is 32.1 Å². The molecule has 20 heavy (non-hydrogen) atoms. The summed E-state index contributed by atoms with van der Waals surface area (Å²) in [6.07, 6.45) is 2.78. The molecule has 0 aliphatic carbocycles. The molecule has 0 aromatic carbocycles. The molecule has 0 radical (unpaired) electrons. The molecule has 2 fully saturated rings. The minimum atomic E-state index is -0.338. The number of nitrogens with zero attached hydrogens (tertiary/aromatic N) is 2. The lowest BCUT2D eigenvalue weighted by atomic mass is 9.90. The van der Waals surface area contributed by atoms with Crippen LogP contribution >= 0.6 is 0 Å². The number of amides is 2. The van der Waals surface area contributed by atoms with Gasteiger partial charge in [0.1, 0.15) is 12.1 Å². The van der Waals surface area contributed by atoms with Gasteiger partial charge in [0.05, 0.1) is 6.10 Å². The van der Waals surface area contributed by atoms with Crippen LogP contribution in [0.2, 0.25) is 0 Å². The first kappa shape index (κ1) is 15.3. The molecule has 3 unspecified atom stereocenters. The van der Waals surface area contributed by atoms with E-state index < -0.39 is 0 Å². The van der Waals surface area contributed by atoms with Crippen LogP contribution in [0.1, 0.15) is 40.0 Å². The van der Waals surface area contributed by atoms with Gasteiger partial charge in [0, 0.05) is 20.2 Å². The highest BCUT2D eigenvalue weighted by Gasteiger charge is 2.47. The van der Waals surface area contributed by atoms with E-state index in [1.165, 1.54) is 0 Å². The summed E-state index contributed by atoms with van der Waals surface area (Å²) >= 11 is 0. The number of ether oxygens (including phenoxy) is 1. The predicted molar refractivity (Wildman–Crippen MR) is 76.2 cm³/mol. The molecule has 2 heterocycles. The molecule has 0 aromatic rings. The summed E-state index contributed by atoms with van der Waals surface area (Å²) in [5, 5.41) is 0. The fourth-order valence-electron chi connectivity index (χ4n) is 3.28. The van der Waals surface area contributed by atoms with Crippen molar-refractivity contribution in [2.75, 3.05) is 20.2 Å². The number of fused-ring (bicyclic) bond motifs is 1. The smallest absolute Gasteiger partial charge is 0.246 e. The van der Waals surface area contributed by atoms with Crippen LogP contribution in [-0.4, -0.2) is 60.0 Å². The van der Waals surface area contributed by atoms with Gasteiger partial charge < -0.3 is 14.5 Å². The van der Waals surface area contributed by atoms with E-state index in [9.17, 15) is 9.59 Å². The van der Waals surface area contributed by atoms with E-state index in [0.717, 1.165) is 25.8 Å². The standard InChI is InChI=1S/C15H26N2O3/c1-10(2)13-15(19)16-8-6-5-7-12(16)14(18)17(13)9-11(3)20-4/h10-13H,5-9H2,1-4H3. The van der Waals surface area contributed by atoms with Crippen molar-refractivity contribution < 1.29 is 14.3 Å². The molecule has 0 saturated carbocycles. The normalized spacial score (nSPS) is 28.9. The molecule has 3 atom stereocenters. The monoisotopic (exact) mass is 282 g/mol. The number of carbonyl (C=O) groups excluding carboxylic acids is 2. The van der Waals surface area contributed by atoms with Gasteiger partial charge in [-0.1, -0.05) is 13.8 Å². The summed E-state index contributed by atoms with van der Waals surface area (Å²) in [6, 6.07) is -0.579. The summed E-state index contributed by atoms with van der Waals surface area (Å²) in [5.74, 6) is 0.345. The van der Waals surface area contributed by atoms with Crippen molar-refractivity contribution in [1.29, 1.82) is 0 Å². The quantitative estimate of drug-likeness (QED) is 0.780. The lowest BCUT2D eigenvalue weighted by Gasteiger charge is -2.48. The maximum atomic E-state index is 12.7. The molecule has 5 heteroatoms. The highest BCUT2D eigenvalue weighted by Crippen LogP contribution is 2.29. The number of rotatable bonds is 4. The van der Waals surface area contributed by atoms with E-state index >= 15 is 0 Å². The maximum absolute atomic E-state index is 12.7. The Hall–Kier alpha value is -1.10. The summed E-state index contributed by atoms with van der Waals surface area (Å²) in [6.45, 7) is 7.16. The topological polar surface area (TPSA) is 49.9 Å². The first-order valence-corrected chi connectivity index (χ1v) is 7.61. The predicted octanol–water partition coefficient (Wildman–Crippen LogP) is 1.27. The SMILES string of the molecule is COC(C)CN1C(=O)C2CCCCN2C(=O)C1C(C)C. The third-order valence-corrected chi connectivity index (χ3v) is 4.43. The largest absolute Gasteiger partial charge is 0.380 e. The van der Waals surface area contributed by atoms with Crippen LogP contribution in [0.25, 0.3) is 0 Å². The number of methoxy groups -OCH3 is 1. The van der Waals surface area contributed by atoms with Crippen molar-refractivity contribution in [1.82, 2.24) is 9.80 Å². The molecule has 0 aromatic heterocycles. The molecule has 2 amide bonds. The van der Waals surface area contributed by atoms with Gasteiger partial charge in [0.2, 0.25) is 11.8 Å². The van der Waals surface area contributed by atoms with Crippen molar-refractivity contribution in [2.24, 2.45) is 5.92 Å².